The second kappa shape index (κ2) is 8.27. The van der Waals surface area contributed by atoms with Crippen LogP contribution in [0.3, 0.4) is 0 Å². The van der Waals surface area contributed by atoms with E-state index in [9.17, 15) is 4.79 Å². The van der Waals surface area contributed by atoms with Crippen LogP contribution in [0.25, 0.3) is 17.7 Å². The van der Waals surface area contributed by atoms with Gasteiger partial charge in [0, 0.05) is 6.08 Å². The maximum absolute atomic E-state index is 11.2. The minimum absolute atomic E-state index is 0.212. The van der Waals surface area contributed by atoms with Gasteiger partial charge in [-0.05, 0) is 42.8 Å². The second-order valence-corrected chi connectivity index (χ2v) is 5.55. The molecule has 0 saturated carbocycles. The van der Waals surface area contributed by atoms with Crippen LogP contribution in [-0.4, -0.2) is 25.2 Å². The van der Waals surface area contributed by atoms with Gasteiger partial charge in [0.2, 0.25) is 0 Å². The molecule has 0 amide bonds. The van der Waals surface area contributed by atoms with E-state index in [1.165, 1.54) is 13.2 Å². The lowest BCUT2D eigenvalue weighted by Gasteiger charge is -2.10. The Morgan fingerprint density at radius 2 is 2.07 bits per heavy atom. The summed E-state index contributed by atoms with van der Waals surface area (Å²) in [5.41, 5.74) is 1.44. The molecule has 0 aliphatic carbocycles. The quantitative estimate of drug-likeness (QED) is 0.459. The predicted molar refractivity (Wildman–Crippen MR) is 97.3 cm³/mol. The van der Waals surface area contributed by atoms with E-state index in [-0.39, 0.29) is 6.61 Å². The normalized spacial score (nSPS) is 10.9. The molecule has 0 aliphatic heterocycles. The van der Waals surface area contributed by atoms with Gasteiger partial charge in [-0.2, -0.15) is 0 Å². The molecule has 0 bridgehead atoms. The molecule has 2 aromatic heterocycles. The Labute approximate surface area is 156 Å². The van der Waals surface area contributed by atoms with Crippen molar-refractivity contribution in [2.75, 3.05) is 14.2 Å². The lowest BCUT2D eigenvalue weighted by atomic mass is 10.2. The summed E-state index contributed by atoms with van der Waals surface area (Å²) in [5, 5.41) is 0. The molecule has 0 N–H and O–H groups in total. The van der Waals surface area contributed by atoms with Crippen LogP contribution in [0.4, 0.5) is 0 Å². The first-order valence-corrected chi connectivity index (χ1v) is 8.17. The monoisotopic (exact) mass is 369 g/mol. The number of ether oxygens (including phenoxy) is 3. The summed E-state index contributed by atoms with van der Waals surface area (Å²) in [6.45, 7) is 2.03. The van der Waals surface area contributed by atoms with E-state index < -0.39 is 5.97 Å². The summed E-state index contributed by atoms with van der Waals surface area (Å²) in [6.07, 6.45) is 4.53. The van der Waals surface area contributed by atoms with Crippen molar-refractivity contribution in [3.05, 3.63) is 59.7 Å². The van der Waals surface area contributed by atoms with Gasteiger partial charge in [-0.25, -0.2) is 9.78 Å². The topological polar surface area (TPSA) is 83.9 Å². The molecule has 0 fully saturated rings. The number of oxazole rings is 1. The molecule has 7 heteroatoms. The largest absolute Gasteiger partial charge is 0.493 e. The van der Waals surface area contributed by atoms with E-state index in [0.717, 1.165) is 5.56 Å². The van der Waals surface area contributed by atoms with Crippen LogP contribution in [0, 0.1) is 6.92 Å². The summed E-state index contributed by atoms with van der Waals surface area (Å²) in [6, 6.07) is 8.88. The van der Waals surface area contributed by atoms with Crippen LogP contribution in [0.1, 0.15) is 17.0 Å². The Balaban J connectivity index is 1.72. The summed E-state index contributed by atoms with van der Waals surface area (Å²) in [4.78, 5) is 15.6. The lowest BCUT2D eigenvalue weighted by Crippen LogP contribution is -2.00. The van der Waals surface area contributed by atoms with Crippen molar-refractivity contribution in [1.82, 2.24) is 4.98 Å². The fourth-order valence-electron chi connectivity index (χ4n) is 2.35. The first kappa shape index (κ1) is 18.3. The van der Waals surface area contributed by atoms with Crippen molar-refractivity contribution in [3.8, 4) is 23.1 Å². The minimum atomic E-state index is -0.428. The molecule has 2 heterocycles. The first-order valence-electron chi connectivity index (χ1n) is 8.17. The van der Waals surface area contributed by atoms with Crippen molar-refractivity contribution in [1.29, 1.82) is 0 Å². The summed E-state index contributed by atoms with van der Waals surface area (Å²) >= 11 is 0. The average molecular weight is 369 g/mol. The second-order valence-electron chi connectivity index (χ2n) is 5.55. The fraction of sp³-hybridized carbons (Fsp3) is 0.200. The number of rotatable bonds is 7. The van der Waals surface area contributed by atoms with E-state index in [0.29, 0.717) is 34.6 Å². The molecule has 140 valence electrons. The number of furan rings is 1. The Hall–Kier alpha value is -3.48. The van der Waals surface area contributed by atoms with Crippen molar-refractivity contribution in [3.63, 3.8) is 0 Å². The molecular formula is C20H19NO6. The molecule has 3 rings (SSSR count). The SMILES string of the molecule is COC(=O)C=Cc1ccc(OCc2nc(-c3ccco3)oc2C)c(OC)c1. The molecule has 0 radical (unpaired) electrons. The molecule has 27 heavy (non-hydrogen) atoms. The van der Waals surface area contributed by atoms with Crippen molar-refractivity contribution in [2.45, 2.75) is 13.5 Å². The maximum Gasteiger partial charge on any atom is 0.330 e. The Morgan fingerprint density at radius 1 is 1.22 bits per heavy atom. The fourth-order valence-corrected chi connectivity index (χ4v) is 2.35. The van der Waals surface area contributed by atoms with Crippen molar-refractivity contribution < 1.29 is 27.8 Å². The number of esters is 1. The number of hydrogen-bond donors (Lipinski definition) is 0. The van der Waals surface area contributed by atoms with Gasteiger partial charge >= 0.3 is 5.97 Å². The summed E-state index contributed by atoms with van der Waals surface area (Å²) < 4.78 is 26.7. The highest BCUT2D eigenvalue weighted by molar-refractivity contribution is 5.87. The van der Waals surface area contributed by atoms with Gasteiger partial charge in [0.1, 0.15) is 18.1 Å². The van der Waals surface area contributed by atoms with Gasteiger partial charge in [0.05, 0.1) is 20.5 Å². The zero-order valence-corrected chi connectivity index (χ0v) is 15.2. The predicted octanol–water partition coefficient (Wildman–Crippen LogP) is 4.02. The Kier molecular flexibility index (Phi) is 5.61. The summed E-state index contributed by atoms with van der Waals surface area (Å²) in [7, 11) is 2.87. The molecule has 0 atom stereocenters. The molecule has 0 spiro atoms. The Bertz CT molecular complexity index is 940. The molecule has 0 unspecified atom stereocenters. The van der Waals surface area contributed by atoms with Crippen LogP contribution in [-0.2, 0) is 16.1 Å². The zero-order chi connectivity index (χ0) is 19.2. The van der Waals surface area contributed by atoms with Gasteiger partial charge in [-0.3, -0.25) is 0 Å². The smallest absolute Gasteiger partial charge is 0.330 e. The molecule has 7 nitrogen and oxygen atoms in total. The minimum Gasteiger partial charge on any atom is -0.493 e. The third-order valence-electron chi connectivity index (χ3n) is 3.79. The maximum atomic E-state index is 11.2. The Morgan fingerprint density at radius 3 is 2.78 bits per heavy atom. The number of benzene rings is 1. The number of nitrogens with zero attached hydrogens (tertiary/aromatic N) is 1. The van der Waals surface area contributed by atoms with Gasteiger partial charge in [0.25, 0.3) is 5.89 Å². The number of carbonyl (C=O) groups excluding carboxylic acids is 1. The van der Waals surface area contributed by atoms with Gasteiger partial charge in [-0.15, -0.1) is 0 Å². The lowest BCUT2D eigenvalue weighted by molar-refractivity contribution is -0.134. The van der Waals surface area contributed by atoms with Gasteiger partial charge < -0.3 is 23.0 Å². The van der Waals surface area contributed by atoms with Crippen molar-refractivity contribution in [2.24, 2.45) is 0 Å². The van der Waals surface area contributed by atoms with Crippen LogP contribution < -0.4 is 9.47 Å². The third-order valence-corrected chi connectivity index (χ3v) is 3.79. The summed E-state index contributed by atoms with van der Waals surface area (Å²) in [5.74, 6) is 2.28. The van der Waals surface area contributed by atoms with E-state index >= 15 is 0 Å². The standard InChI is InChI=1S/C20H19NO6/c1-13-15(21-20(27-13)17-5-4-10-25-17)12-26-16-8-6-14(11-18(16)23-2)7-9-19(22)24-3/h4-11H,12H2,1-3H3. The molecule has 0 aliphatic rings. The van der Waals surface area contributed by atoms with Gasteiger partial charge in [-0.1, -0.05) is 6.07 Å². The highest BCUT2D eigenvalue weighted by atomic mass is 16.5. The van der Waals surface area contributed by atoms with Crippen LogP contribution >= 0.6 is 0 Å². The highest BCUT2D eigenvalue weighted by Gasteiger charge is 2.15. The molecular weight excluding hydrogens is 350 g/mol. The van der Waals surface area contributed by atoms with E-state index in [4.69, 9.17) is 18.3 Å². The molecule has 0 saturated heterocycles. The number of methoxy groups -OCH3 is 2. The van der Waals surface area contributed by atoms with Crippen molar-refractivity contribution >= 4 is 12.0 Å². The molecule has 3 aromatic rings. The molecule has 1 aromatic carbocycles. The number of aryl methyl sites for hydroxylation is 1. The van der Waals surface area contributed by atoms with Crippen LogP contribution in [0.5, 0.6) is 11.5 Å². The number of carbonyl (C=O) groups is 1. The van der Waals surface area contributed by atoms with Crippen LogP contribution in [0.15, 0.2) is 51.5 Å². The third kappa shape index (κ3) is 4.38. The zero-order valence-electron chi connectivity index (χ0n) is 15.2. The van der Waals surface area contributed by atoms with Gasteiger partial charge in [0.15, 0.2) is 17.3 Å². The van der Waals surface area contributed by atoms with Crippen LogP contribution in [0.2, 0.25) is 0 Å². The average Bonchev–Trinajstić information content (AvgIpc) is 3.34. The number of aromatic nitrogens is 1. The van der Waals surface area contributed by atoms with E-state index in [1.807, 2.05) is 6.92 Å². The number of hydrogen-bond acceptors (Lipinski definition) is 7. The van der Waals surface area contributed by atoms with E-state index in [2.05, 4.69) is 9.72 Å². The van der Waals surface area contributed by atoms with E-state index in [1.54, 1.807) is 49.8 Å². The highest BCUT2D eigenvalue weighted by Crippen LogP contribution is 2.30. The first-order chi connectivity index (χ1) is 13.1.